The second kappa shape index (κ2) is 7.35. The number of hydrogen-bond donors (Lipinski definition) is 1. The van der Waals surface area contributed by atoms with Crippen LogP contribution in [-0.2, 0) is 6.42 Å². The predicted octanol–water partition coefficient (Wildman–Crippen LogP) is 4.70. The Morgan fingerprint density at radius 1 is 1.10 bits per heavy atom. The molecule has 21 heavy (non-hydrogen) atoms. The zero-order valence-electron chi connectivity index (χ0n) is 13.3. The first-order chi connectivity index (χ1) is 9.99. The molecule has 0 radical (unpaired) electrons. The van der Waals surface area contributed by atoms with Crippen molar-refractivity contribution in [1.29, 1.82) is 0 Å². The maximum Gasteiger partial charge on any atom is 0.129 e. The fraction of sp³-hybridized carbons (Fsp3) is 0.667. The summed E-state index contributed by atoms with van der Waals surface area (Å²) in [5, 5.41) is 3.62. The molecule has 0 spiro atoms. The largest absolute Gasteiger partial charge is 0.311 e. The van der Waals surface area contributed by atoms with Crippen LogP contribution in [-0.4, -0.2) is 12.1 Å². The molecule has 0 amide bonds. The Hall–Kier alpha value is -0.960. The molecule has 1 aliphatic carbocycles. The van der Waals surface area contributed by atoms with Crippen LogP contribution in [0.15, 0.2) is 18.2 Å². The average molecular weight is 295 g/mol. The standard InChI is InChI=1S/C18H27F2N/c1-12(2)14-7-4-5-10-18(14)21-13(3)11-15-16(19)8-6-9-17(15)20/h6,8-9,12-14,18,21H,4-5,7,10-11H2,1-3H3. The first kappa shape index (κ1) is 16.4. The van der Waals surface area contributed by atoms with Gasteiger partial charge in [-0.25, -0.2) is 8.78 Å². The van der Waals surface area contributed by atoms with E-state index in [-0.39, 0.29) is 11.6 Å². The quantitative estimate of drug-likeness (QED) is 0.830. The van der Waals surface area contributed by atoms with Gasteiger partial charge in [-0.2, -0.15) is 0 Å². The van der Waals surface area contributed by atoms with Crippen molar-refractivity contribution in [2.75, 3.05) is 0 Å². The van der Waals surface area contributed by atoms with E-state index in [9.17, 15) is 8.78 Å². The maximum atomic E-state index is 13.7. The van der Waals surface area contributed by atoms with Crippen molar-refractivity contribution in [3.05, 3.63) is 35.4 Å². The van der Waals surface area contributed by atoms with Crippen molar-refractivity contribution in [1.82, 2.24) is 5.32 Å². The lowest BCUT2D eigenvalue weighted by Crippen LogP contribution is -2.45. The van der Waals surface area contributed by atoms with Gasteiger partial charge in [-0.15, -0.1) is 0 Å². The molecule has 1 aromatic carbocycles. The average Bonchev–Trinajstić information content (AvgIpc) is 2.43. The predicted molar refractivity (Wildman–Crippen MR) is 83.2 cm³/mol. The summed E-state index contributed by atoms with van der Waals surface area (Å²) in [6.07, 6.45) is 5.39. The number of nitrogens with one attached hydrogen (secondary N) is 1. The molecule has 2 rings (SSSR count). The summed E-state index contributed by atoms with van der Waals surface area (Å²) in [7, 11) is 0. The van der Waals surface area contributed by atoms with E-state index in [4.69, 9.17) is 0 Å². The molecule has 3 atom stereocenters. The number of rotatable bonds is 5. The summed E-state index contributed by atoms with van der Waals surface area (Å²) in [6.45, 7) is 6.57. The molecule has 1 aromatic rings. The number of halogens is 2. The van der Waals surface area contributed by atoms with Gasteiger partial charge >= 0.3 is 0 Å². The van der Waals surface area contributed by atoms with Crippen LogP contribution in [0.4, 0.5) is 8.78 Å². The maximum absolute atomic E-state index is 13.7. The molecular weight excluding hydrogens is 268 g/mol. The van der Waals surface area contributed by atoms with E-state index in [2.05, 4.69) is 19.2 Å². The normalized spacial score (nSPS) is 24.3. The fourth-order valence-electron chi connectivity index (χ4n) is 3.62. The van der Waals surface area contributed by atoms with E-state index in [1.807, 2.05) is 6.92 Å². The fourth-order valence-corrected chi connectivity index (χ4v) is 3.62. The van der Waals surface area contributed by atoms with Crippen molar-refractivity contribution in [2.24, 2.45) is 11.8 Å². The van der Waals surface area contributed by atoms with Crippen LogP contribution >= 0.6 is 0 Å². The Balaban J connectivity index is 1.99. The minimum atomic E-state index is -0.437. The second-order valence-corrected chi connectivity index (χ2v) is 6.77. The van der Waals surface area contributed by atoms with Gasteiger partial charge in [-0.3, -0.25) is 0 Å². The van der Waals surface area contributed by atoms with Gasteiger partial charge in [0.25, 0.3) is 0 Å². The molecule has 3 heteroatoms. The number of hydrogen-bond acceptors (Lipinski definition) is 1. The summed E-state index contributed by atoms with van der Waals surface area (Å²) in [6, 6.07) is 4.65. The van der Waals surface area contributed by atoms with Gasteiger partial charge in [0.05, 0.1) is 0 Å². The van der Waals surface area contributed by atoms with Crippen molar-refractivity contribution in [3.8, 4) is 0 Å². The minimum absolute atomic E-state index is 0.0840. The first-order valence-corrected chi connectivity index (χ1v) is 8.18. The Morgan fingerprint density at radius 2 is 1.71 bits per heavy atom. The lowest BCUT2D eigenvalue weighted by molar-refractivity contribution is 0.194. The third kappa shape index (κ3) is 4.26. The summed E-state index contributed by atoms with van der Waals surface area (Å²) >= 11 is 0. The Labute approximate surface area is 127 Å². The molecule has 0 bridgehead atoms. The van der Waals surface area contributed by atoms with Crippen molar-refractivity contribution in [3.63, 3.8) is 0 Å². The highest BCUT2D eigenvalue weighted by Gasteiger charge is 2.28. The monoisotopic (exact) mass is 295 g/mol. The van der Waals surface area contributed by atoms with Gasteiger partial charge in [0.1, 0.15) is 11.6 Å². The Morgan fingerprint density at radius 3 is 2.33 bits per heavy atom. The van der Waals surface area contributed by atoms with Gasteiger partial charge in [0, 0.05) is 17.6 Å². The van der Waals surface area contributed by atoms with E-state index in [0.29, 0.717) is 24.3 Å². The van der Waals surface area contributed by atoms with E-state index in [1.165, 1.54) is 43.9 Å². The molecule has 1 aliphatic rings. The van der Waals surface area contributed by atoms with Gasteiger partial charge in [-0.1, -0.05) is 32.8 Å². The SMILES string of the molecule is CC(Cc1c(F)cccc1F)NC1CCCCC1C(C)C. The molecule has 1 nitrogen and oxygen atoms in total. The summed E-state index contributed by atoms with van der Waals surface area (Å²) in [5.41, 5.74) is 0.203. The second-order valence-electron chi connectivity index (χ2n) is 6.77. The van der Waals surface area contributed by atoms with E-state index >= 15 is 0 Å². The van der Waals surface area contributed by atoms with Gasteiger partial charge in [0.15, 0.2) is 0 Å². The summed E-state index contributed by atoms with van der Waals surface area (Å²) < 4.78 is 27.5. The highest BCUT2D eigenvalue weighted by atomic mass is 19.1. The molecule has 1 fully saturated rings. The zero-order valence-corrected chi connectivity index (χ0v) is 13.3. The molecule has 0 heterocycles. The highest BCUT2D eigenvalue weighted by molar-refractivity contribution is 5.20. The molecule has 0 aliphatic heterocycles. The third-order valence-corrected chi connectivity index (χ3v) is 4.75. The van der Waals surface area contributed by atoms with Crippen LogP contribution in [0, 0.1) is 23.5 Å². The van der Waals surface area contributed by atoms with Crippen LogP contribution < -0.4 is 5.32 Å². The van der Waals surface area contributed by atoms with Crippen molar-refractivity contribution < 1.29 is 8.78 Å². The van der Waals surface area contributed by atoms with E-state index in [1.54, 1.807) is 0 Å². The topological polar surface area (TPSA) is 12.0 Å². The number of benzene rings is 1. The molecule has 0 aromatic heterocycles. The first-order valence-electron chi connectivity index (χ1n) is 8.18. The highest BCUT2D eigenvalue weighted by Crippen LogP contribution is 2.30. The minimum Gasteiger partial charge on any atom is -0.311 e. The third-order valence-electron chi connectivity index (χ3n) is 4.75. The van der Waals surface area contributed by atoms with Crippen LogP contribution in [0.2, 0.25) is 0 Å². The Bertz CT molecular complexity index is 438. The van der Waals surface area contributed by atoms with Gasteiger partial charge in [0.2, 0.25) is 0 Å². The van der Waals surface area contributed by atoms with E-state index < -0.39 is 11.6 Å². The zero-order chi connectivity index (χ0) is 15.4. The van der Waals surface area contributed by atoms with Crippen LogP contribution in [0.3, 0.4) is 0 Å². The molecule has 118 valence electrons. The molecule has 1 N–H and O–H groups in total. The molecule has 3 unspecified atom stereocenters. The van der Waals surface area contributed by atoms with Crippen LogP contribution in [0.1, 0.15) is 52.0 Å². The van der Waals surface area contributed by atoms with Crippen LogP contribution in [0.5, 0.6) is 0 Å². The van der Waals surface area contributed by atoms with Crippen LogP contribution in [0.25, 0.3) is 0 Å². The lowest BCUT2D eigenvalue weighted by atomic mass is 9.77. The van der Waals surface area contributed by atoms with E-state index in [0.717, 1.165) is 0 Å². The Kier molecular flexibility index (Phi) is 5.74. The lowest BCUT2D eigenvalue weighted by Gasteiger charge is -2.37. The smallest absolute Gasteiger partial charge is 0.129 e. The summed E-state index contributed by atoms with van der Waals surface area (Å²) in [5.74, 6) is 0.451. The summed E-state index contributed by atoms with van der Waals surface area (Å²) in [4.78, 5) is 0. The molecule has 1 saturated carbocycles. The van der Waals surface area contributed by atoms with Gasteiger partial charge < -0.3 is 5.32 Å². The van der Waals surface area contributed by atoms with Crippen molar-refractivity contribution in [2.45, 2.75) is 65.0 Å². The molecular formula is C18H27F2N. The van der Waals surface area contributed by atoms with Crippen molar-refractivity contribution >= 4 is 0 Å². The molecule has 0 saturated heterocycles. The van der Waals surface area contributed by atoms with Gasteiger partial charge in [-0.05, 0) is 50.2 Å².